The van der Waals surface area contributed by atoms with Crippen molar-refractivity contribution < 1.29 is 9.59 Å². The first kappa shape index (κ1) is 20.8. The summed E-state index contributed by atoms with van der Waals surface area (Å²) >= 11 is 0. The third-order valence-corrected chi connectivity index (χ3v) is 5.06. The monoisotopic (exact) mass is 389 g/mol. The van der Waals surface area contributed by atoms with Gasteiger partial charge in [0.05, 0.1) is 5.70 Å². The number of nitrogens with zero attached hydrogens (tertiary/aromatic N) is 2. The van der Waals surface area contributed by atoms with Gasteiger partial charge in [0, 0.05) is 47.9 Å². The molecular weight excluding hydrogens is 362 g/mol. The third kappa shape index (κ3) is 4.57. The molecule has 1 aromatic heterocycles. The molecule has 1 atom stereocenters. The molecule has 3 rings (SSSR count). The first-order valence-electron chi connectivity index (χ1n) is 9.99. The summed E-state index contributed by atoms with van der Waals surface area (Å²) in [4.78, 5) is 34.1. The van der Waals surface area contributed by atoms with Crippen LogP contribution in [0.5, 0.6) is 0 Å². The van der Waals surface area contributed by atoms with Gasteiger partial charge in [-0.3, -0.25) is 19.6 Å². The van der Waals surface area contributed by atoms with Crippen molar-refractivity contribution in [3.63, 3.8) is 0 Å². The van der Waals surface area contributed by atoms with E-state index in [-0.39, 0.29) is 12.0 Å². The second kappa shape index (κ2) is 9.05. The van der Waals surface area contributed by atoms with Gasteiger partial charge in [0.1, 0.15) is 0 Å². The maximum absolute atomic E-state index is 12.7. The highest BCUT2D eigenvalue weighted by Crippen LogP contribution is 2.33. The Kier molecular flexibility index (Phi) is 6.49. The zero-order chi connectivity index (χ0) is 21.0. The molecule has 0 aliphatic heterocycles. The average Bonchev–Trinajstić information content (AvgIpc) is 2.71. The number of ketones is 2. The van der Waals surface area contributed by atoms with Crippen molar-refractivity contribution in [1.82, 2.24) is 10.3 Å². The minimum atomic E-state index is -0.449. The molecule has 0 fully saturated rings. The van der Waals surface area contributed by atoms with E-state index in [0.29, 0.717) is 29.3 Å². The zero-order valence-corrected chi connectivity index (χ0v) is 17.3. The first-order chi connectivity index (χ1) is 13.9. The number of aromatic nitrogens is 1. The van der Waals surface area contributed by atoms with E-state index >= 15 is 0 Å². The van der Waals surface area contributed by atoms with Crippen molar-refractivity contribution in [3.05, 3.63) is 71.1 Å². The van der Waals surface area contributed by atoms with E-state index in [2.05, 4.69) is 24.1 Å². The van der Waals surface area contributed by atoms with E-state index in [4.69, 9.17) is 4.99 Å². The van der Waals surface area contributed by atoms with E-state index < -0.39 is 11.6 Å². The number of fused-ring (bicyclic) bond motifs is 1. The molecule has 0 spiro atoms. The van der Waals surface area contributed by atoms with Crippen LogP contribution < -0.4 is 5.32 Å². The molecule has 1 N–H and O–H groups in total. The maximum atomic E-state index is 12.7. The standard InChI is InChI=1S/C24H27N3O2/c1-15(2)20(26-13-17-8-7-11-25-12-17)14-27-22-18-9-5-6-10-19(18)23(28)24(29)21(22)16(3)4/h5-12,14-16,20,26H,13H2,1-4H3/b27-14+. The number of hydrogen-bond donors (Lipinski definition) is 1. The number of aliphatic imine (C=N–C) groups is 1. The van der Waals surface area contributed by atoms with E-state index in [0.717, 1.165) is 11.1 Å². The molecule has 1 aliphatic rings. The smallest absolute Gasteiger partial charge is 0.233 e. The van der Waals surface area contributed by atoms with Crippen LogP contribution in [0.4, 0.5) is 0 Å². The normalized spacial score (nSPS) is 15.5. The van der Waals surface area contributed by atoms with Crippen LogP contribution >= 0.6 is 0 Å². The predicted octanol–water partition coefficient (Wildman–Crippen LogP) is 4.10. The van der Waals surface area contributed by atoms with Crippen LogP contribution in [0.1, 0.15) is 49.2 Å². The van der Waals surface area contributed by atoms with Gasteiger partial charge < -0.3 is 5.32 Å². The second-order valence-corrected chi connectivity index (χ2v) is 7.91. The van der Waals surface area contributed by atoms with Crippen molar-refractivity contribution >= 4 is 23.5 Å². The minimum Gasteiger partial charge on any atom is -0.305 e. The second-order valence-electron chi connectivity index (χ2n) is 7.91. The molecule has 0 bridgehead atoms. The Labute approximate surface area is 172 Å². The fourth-order valence-corrected chi connectivity index (χ4v) is 3.41. The van der Waals surface area contributed by atoms with E-state index in [9.17, 15) is 9.59 Å². The SMILES string of the molecule is CC(C)C1=C(/N=C/C(NCc2cccnc2)C(C)C)c2ccccc2C(=O)C1=O. The Balaban J connectivity index is 1.94. The number of allylic oxidation sites excluding steroid dienone is 1. The zero-order valence-electron chi connectivity index (χ0n) is 17.3. The maximum Gasteiger partial charge on any atom is 0.233 e. The van der Waals surface area contributed by atoms with Crippen LogP contribution in [-0.4, -0.2) is 28.8 Å². The summed E-state index contributed by atoms with van der Waals surface area (Å²) in [5, 5.41) is 3.50. The van der Waals surface area contributed by atoms with Crippen molar-refractivity contribution in [2.24, 2.45) is 16.8 Å². The summed E-state index contributed by atoms with van der Waals surface area (Å²) < 4.78 is 0. The highest BCUT2D eigenvalue weighted by atomic mass is 16.2. The molecule has 0 saturated heterocycles. The van der Waals surface area contributed by atoms with E-state index in [1.54, 1.807) is 18.3 Å². The summed E-state index contributed by atoms with van der Waals surface area (Å²) in [7, 11) is 0. The number of benzene rings is 1. The van der Waals surface area contributed by atoms with Crippen LogP contribution in [0.3, 0.4) is 0 Å². The lowest BCUT2D eigenvalue weighted by atomic mass is 9.83. The molecule has 0 radical (unpaired) electrons. The molecule has 0 amide bonds. The van der Waals surface area contributed by atoms with Gasteiger partial charge in [0.2, 0.25) is 11.6 Å². The van der Waals surface area contributed by atoms with Gasteiger partial charge >= 0.3 is 0 Å². The number of carbonyl (C=O) groups is 2. The topological polar surface area (TPSA) is 71.4 Å². The van der Waals surface area contributed by atoms with Gasteiger partial charge in [-0.05, 0) is 23.5 Å². The number of carbonyl (C=O) groups excluding carboxylic acids is 2. The molecule has 1 unspecified atom stereocenters. The van der Waals surface area contributed by atoms with Gasteiger partial charge in [0.25, 0.3) is 0 Å². The quantitative estimate of drug-likeness (QED) is 0.572. The molecule has 1 aromatic carbocycles. The Morgan fingerprint density at radius 3 is 2.34 bits per heavy atom. The number of pyridine rings is 1. The lowest BCUT2D eigenvalue weighted by Gasteiger charge is -2.23. The van der Waals surface area contributed by atoms with Crippen molar-refractivity contribution in [2.45, 2.75) is 40.3 Å². The van der Waals surface area contributed by atoms with Crippen LogP contribution in [-0.2, 0) is 11.3 Å². The van der Waals surface area contributed by atoms with Gasteiger partial charge in [-0.2, -0.15) is 0 Å². The van der Waals surface area contributed by atoms with Crippen molar-refractivity contribution in [3.8, 4) is 0 Å². The number of rotatable bonds is 7. The molecule has 29 heavy (non-hydrogen) atoms. The Morgan fingerprint density at radius 2 is 1.72 bits per heavy atom. The Morgan fingerprint density at radius 1 is 1.00 bits per heavy atom. The summed E-state index contributed by atoms with van der Waals surface area (Å²) in [6.07, 6.45) is 5.45. The third-order valence-electron chi connectivity index (χ3n) is 5.06. The first-order valence-corrected chi connectivity index (χ1v) is 9.99. The van der Waals surface area contributed by atoms with Gasteiger partial charge in [0.15, 0.2) is 0 Å². The highest BCUT2D eigenvalue weighted by molar-refractivity contribution is 6.52. The Hall–Kier alpha value is -2.92. The lowest BCUT2D eigenvalue weighted by molar-refractivity contribution is -0.112. The molecule has 1 aliphatic carbocycles. The van der Waals surface area contributed by atoms with E-state index in [1.165, 1.54) is 0 Å². The average molecular weight is 389 g/mol. The number of Topliss-reactive ketones (excluding diaryl/α,β-unsaturated/α-hetero) is 2. The minimum absolute atomic E-state index is 0.0102. The van der Waals surface area contributed by atoms with Crippen LogP contribution in [0.2, 0.25) is 0 Å². The predicted molar refractivity (Wildman–Crippen MR) is 116 cm³/mol. The van der Waals surface area contributed by atoms with E-state index in [1.807, 2.05) is 50.5 Å². The fourth-order valence-electron chi connectivity index (χ4n) is 3.41. The largest absolute Gasteiger partial charge is 0.305 e. The molecule has 5 heteroatoms. The van der Waals surface area contributed by atoms with Gasteiger partial charge in [-0.25, -0.2) is 0 Å². The summed E-state index contributed by atoms with van der Waals surface area (Å²) in [5.74, 6) is -0.684. The number of hydrogen-bond acceptors (Lipinski definition) is 5. The van der Waals surface area contributed by atoms with Gasteiger partial charge in [-0.1, -0.05) is 58.0 Å². The lowest BCUT2D eigenvalue weighted by Crippen LogP contribution is -2.35. The molecular formula is C24H27N3O2. The van der Waals surface area contributed by atoms with Crippen LogP contribution in [0, 0.1) is 11.8 Å². The summed E-state index contributed by atoms with van der Waals surface area (Å²) in [6, 6.07) is 11.2. The highest BCUT2D eigenvalue weighted by Gasteiger charge is 2.33. The van der Waals surface area contributed by atoms with Gasteiger partial charge in [-0.15, -0.1) is 0 Å². The summed E-state index contributed by atoms with van der Waals surface area (Å²) in [5.41, 5.74) is 3.34. The van der Waals surface area contributed by atoms with Crippen molar-refractivity contribution in [2.75, 3.05) is 0 Å². The fraction of sp³-hybridized carbons (Fsp3) is 0.333. The number of nitrogens with one attached hydrogen (secondary N) is 1. The molecule has 0 saturated carbocycles. The van der Waals surface area contributed by atoms with Crippen LogP contribution in [0.25, 0.3) is 5.70 Å². The molecule has 5 nitrogen and oxygen atoms in total. The van der Waals surface area contributed by atoms with Crippen LogP contribution in [0.15, 0.2) is 59.4 Å². The summed E-state index contributed by atoms with van der Waals surface area (Å²) in [6.45, 7) is 8.75. The molecule has 150 valence electrons. The molecule has 1 heterocycles. The molecule has 2 aromatic rings. The van der Waals surface area contributed by atoms with Crippen molar-refractivity contribution in [1.29, 1.82) is 0 Å². The Bertz CT molecular complexity index is 959.